The number of aliphatic carboxylic acids is 1. The number of piperidine rings is 1. The summed E-state index contributed by atoms with van der Waals surface area (Å²) in [6.45, 7) is 6.97. The van der Waals surface area contributed by atoms with Gasteiger partial charge in [-0.15, -0.1) is 0 Å². The standard InChI is InChI=1S/C20H30N2O2.C2HF3O2/c1-17-6-3-7-18(16-17)19(23)21-13-9-20(10-14-21)8-4-11-22(20)12-5-15-24-2;3-2(4,5)1(6)7/h3,6-7,16H,4-5,8-15H2,1-2H3;(H,6,7). The van der Waals surface area contributed by atoms with Crippen molar-refractivity contribution in [2.45, 2.75) is 50.7 Å². The Bertz CT molecular complexity index is 747. The first-order valence-electron chi connectivity index (χ1n) is 10.5. The van der Waals surface area contributed by atoms with Crippen LogP contribution in [0, 0.1) is 6.92 Å². The lowest BCUT2D eigenvalue weighted by Crippen LogP contribution is -2.53. The lowest BCUT2D eigenvalue weighted by atomic mass is 9.84. The predicted molar refractivity (Wildman–Crippen MR) is 110 cm³/mol. The zero-order valence-corrected chi connectivity index (χ0v) is 18.1. The van der Waals surface area contributed by atoms with Gasteiger partial charge in [-0.1, -0.05) is 17.7 Å². The SMILES string of the molecule is COCCCN1CCCC12CCN(C(=O)c1cccc(C)c1)CC2.O=C(O)C(F)(F)F. The molecule has 0 aromatic heterocycles. The maximum Gasteiger partial charge on any atom is 0.490 e. The number of ether oxygens (including phenoxy) is 1. The molecule has 174 valence electrons. The summed E-state index contributed by atoms with van der Waals surface area (Å²) >= 11 is 0. The molecular weight excluding hydrogens is 413 g/mol. The number of carboxylic acids is 1. The minimum atomic E-state index is -5.08. The lowest BCUT2D eigenvalue weighted by molar-refractivity contribution is -0.192. The minimum Gasteiger partial charge on any atom is -0.475 e. The Morgan fingerprint density at radius 3 is 2.35 bits per heavy atom. The Morgan fingerprint density at radius 2 is 1.81 bits per heavy atom. The van der Waals surface area contributed by atoms with E-state index in [0.717, 1.165) is 56.6 Å². The number of carboxylic acid groups (broad SMARTS) is 1. The van der Waals surface area contributed by atoms with Gasteiger partial charge in [0.25, 0.3) is 5.91 Å². The summed E-state index contributed by atoms with van der Waals surface area (Å²) in [5.74, 6) is -2.56. The largest absolute Gasteiger partial charge is 0.490 e. The molecule has 1 aromatic rings. The number of likely N-dealkylation sites (tertiary alicyclic amines) is 2. The topological polar surface area (TPSA) is 70.1 Å². The quantitative estimate of drug-likeness (QED) is 0.701. The van der Waals surface area contributed by atoms with Crippen molar-refractivity contribution in [3.8, 4) is 0 Å². The summed E-state index contributed by atoms with van der Waals surface area (Å²) in [7, 11) is 1.77. The zero-order chi connectivity index (χ0) is 23.1. The third-order valence-electron chi connectivity index (χ3n) is 6.01. The van der Waals surface area contributed by atoms with Crippen molar-refractivity contribution in [3.05, 3.63) is 35.4 Å². The van der Waals surface area contributed by atoms with Gasteiger partial charge in [0.2, 0.25) is 0 Å². The number of alkyl halides is 3. The van der Waals surface area contributed by atoms with Crippen molar-refractivity contribution < 1.29 is 32.6 Å². The molecule has 0 saturated carbocycles. The van der Waals surface area contributed by atoms with Gasteiger partial charge >= 0.3 is 12.1 Å². The molecular formula is C22H31F3N2O4. The number of amides is 1. The zero-order valence-electron chi connectivity index (χ0n) is 18.1. The van der Waals surface area contributed by atoms with Crippen molar-refractivity contribution >= 4 is 11.9 Å². The Morgan fingerprint density at radius 1 is 1.16 bits per heavy atom. The fourth-order valence-corrected chi connectivity index (χ4v) is 4.40. The number of methoxy groups -OCH3 is 1. The van der Waals surface area contributed by atoms with Crippen LogP contribution >= 0.6 is 0 Å². The highest BCUT2D eigenvalue weighted by atomic mass is 19.4. The Hall–Kier alpha value is -2.13. The fraction of sp³-hybridized carbons (Fsp3) is 0.636. The molecule has 1 N–H and O–H groups in total. The number of aryl methyl sites for hydroxylation is 1. The van der Waals surface area contributed by atoms with E-state index >= 15 is 0 Å². The van der Waals surface area contributed by atoms with Crippen molar-refractivity contribution in [1.82, 2.24) is 9.80 Å². The molecule has 0 unspecified atom stereocenters. The molecule has 0 aliphatic carbocycles. The van der Waals surface area contributed by atoms with Gasteiger partial charge in [-0.05, 0) is 57.7 Å². The number of hydrogen-bond donors (Lipinski definition) is 1. The molecule has 2 fully saturated rings. The number of hydrogen-bond acceptors (Lipinski definition) is 4. The van der Waals surface area contributed by atoms with Gasteiger partial charge in [0, 0.05) is 44.5 Å². The summed E-state index contributed by atoms with van der Waals surface area (Å²) in [6.07, 6.45) is 0.810. The first-order chi connectivity index (χ1) is 14.6. The van der Waals surface area contributed by atoms with Gasteiger partial charge in [0.1, 0.15) is 0 Å². The van der Waals surface area contributed by atoms with E-state index in [2.05, 4.69) is 4.90 Å². The number of carbonyl (C=O) groups excluding carboxylic acids is 1. The highest BCUT2D eigenvalue weighted by Crippen LogP contribution is 2.38. The second kappa shape index (κ2) is 10.9. The summed E-state index contributed by atoms with van der Waals surface area (Å²) in [6, 6.07) is 7.95. The Labute approximate surface area is 181 Å². The maximum atomic E-state index is 12.7. The maximum absolute atomic E-state index is 12.7. The molecule has 0 atom stereocenters. The molecule has 9 heteroatoms. The van der Waals surface area contributed by atoms with E-state index in [4.69, 9.17) is 14.6 Å². The van der Waals surface area contributed by atoms with Gasteiger partial charge < -0.3 is 14.7 Å². The predicted octanol–water partition coefficient (Wildman–Crippen LogP) is 3.74. The molecule has 0 bridgehead atoms. The number of rotatable bonds is 5. The van der Waals surface area contributed by atoms with Gasteiger partial charge in [-0.2, -0.15) is 13.2 Å². The molecule has 1 amide bonds. The van der Waals surface area contributed by atoms with E-state index in [1.54, 1.807) is 7.11 Å². The summed E-state index contributed by atoms with van der Waals surface area (Å²) < 4.78 is 36.9. The third kappa shape index (κ3) is 6.93. The summed E-state index contributed by atoms with van der Waals surface area (Å²) in [4.78, 5) is 26.4. The van der Waals surface area contributed by atoms with Crippen LogP contribution in [-0.2, 0) is 9.53 Å². The van der Waals surface area contributed by atoms with Crippen LogP contribution in [0.25, 0.3) is 0 Å². The molecule has 2 aliphatic heterocycles. The van der Waals surface area contributed by atoms with Crippen LogP contribution in [-0.4, -0.2) is 78.4 Å². The average molecular weight is 444 g/mol. The van der Waals surface area contributed by atoms with E-state index in [1.807, 2.05) is 36.1 Å². The first-order valence-corrected chi connectivity index (χ1v) is 10.5. The van der Waals surface area contributed by atoms with Crippen LogP contribution in [0.4, 0.5) is 13.2 Å². The summed E-state index contributed by atoms with van der Waals surface area (Å²) in [5.41, 5.74) is 2.31. The van der Waals surface area contributed by atoms with Crippen LogP contribution in [0.3, 0.4) is 0 Å². The number of carbonyl (C=O) groups is 2. The van der Waals surface area contributed by atoms with E-state index in [9.17, 15) is 18.0 Å². The first kappa shape index (κ1) is 25.1. The lowest BCUT2D eigenvalue weighted by Gasteiger charge is -2.45. The molecule has 1 aromatic carbocycles. The van der Waals surface area contributed by atoms with Crippen molar-refractivity contribution in [2.24, 2.45) is 0 Å². The monoisotopic (exact) mass is 444 g/mol. The Balaban J connectivity index is 0.000000423. The molecule has 6 nitrogen and oxygen atoms in total. The van der Waals surface area contributed by atoms with Gasteiger partial charge in [-0.25, -0.2) is 4.79 Å². The number of halogens is 3. The van der Waals surface area contributed by atoms with Crippen LogP contribution in [0.2, 0.25) is 0 Å². The highest BCUT2D eigenvalue weighted by molar-refractivity contribution is 5.94. The van der Waals surface area contributed by atoms with Crippen molar-refractivity contribution in [2.75, 3.05) is 39.9 Å². The van der Waals surface area contributed by atoms with Gasteiger partial charge in [-0.3, -0.25) is 9.69 Å². The van der Waals surface area contributed by atoms with Gasteiger partial charge in [0.05, 0.1) is 0 Å². The molecule has 2 aliphatic rings. The highest BCUT2D eigenvalue weighted by Gasteiger charge is 2.43. The molecule has 1 spiro atoms. The smallest absolute Gasteiger partial charge is 0.475 e. The molecule has 0 radical (unpaired) electrons. The van der Waals surface area contributed by atoms with E-state index in [-0.39, 0.29) is 5.91 Å². The van der Waals surface area contributed by atoms with Crippen LogP contribution in [0.5, 0.6) is 0 Å². The minimum absolute atomic E-state index is 0.192. The van der Waals surface area contributed by atoms with Crippen LogP contribution in [0.15, 0.2) is 24.3 Å². The van der Waals surface area contributed by atoms with Crippen molar-refractivity contribution in [3.63, 3.8) is 0 Å². The van der Waals surface area contributed by atoms with Crippen LogP contribution < -0.4 is 0 Å². The molecule has 3 rings (SSSR count). The molecule has 2 heterocycles. The van der Waals surface area contributed by atoms with E-state index in [0.29, 0.717) is 5.54 Å². The third-order valence-corrected chi connectivity index (χ3v) is 6.01. The average Bonchev–Trinajstić information content (AvgIpc) is 3.10. The fourth-order valence-electron chi connectivity index (χ4n) is 4.40. The molecule has 2 saturated heterocycles. The van der Waals surface area contributed by atoms with Crippen molar-refractivity contribution in [1.29, 1.82) is 0 Å². The summed E-state index contributed by atoms with van der Waals surface area (Å²) in [5, 5.41) is 7.12. The van der Waals surface area contributed by atoms with E-state index < -0.39 is 12.1 Å². The van der Waals surface area contributed by atoms with Crippen LogP contribution in [0.1, 0.15) is 48.0 Å². The second-order valence-corrected chi connectivity index (χ2v) is 8.13. The Kier molecular flexibility index (Phi) is 8.88. The molecule has 31 heavy (non-hydrogen) atoms. The second-order valence-electron chi connectivity index (χ2n) is 8.13. The normalized spacial score (nSPS) is 18.5. The number of benzene rings is 1. The van der Waals surface area contributed by atoms with E-state index in [1.165, 1.54) is 19.4 Å². The number of nitrogens with zero attached hydrogens (tertiary/aromatic N) is 2. The van der Waals surface area contributed by atoms with Gasteiger partial charge in [0.15, 0.2) is 0 Å².